The Balaban J connectivity index is 2.16. The predicted molar refractivity (Wildman–Crippen MR) is 73.2 cm³/mol. The molecular weight excluding hydrogens is 289 g/mol. The van der Waals surface area contributed by atoms with Gasteiger partial charge in [0, 0.05) is 0 Å². The molecule has 0 aliphatic carbocycles. The summed E-state index contributed by atoms with van der Waals surface area (Å²) in [7, 11) is 1.64. The van der Waals surface area contributed by atoms with Crippen LogP contribution in [0.3, 0.4) is 0 Å². The number of benzene rings is 2. The molecule has 0 N–H and O–H groups in total. The molecule has 1 atom stereocenters. The van der Waals surface area contributed by atoms with Gasteiger partial charge in [0.05, 0.1) is 0 Å². The third kappa shape index (κ3) is 3.13. The van der Waals surface area contributed by atoms with E-state index in [2.05, 4.69) is 18.2 Å². The number of hydrogen-bond acceptors (Lipinski definition) is 2. The number of ether oxygens (including phenoxy) is 1. The van der Waals surface area contributed by atoms with E-state index in [9.17, 15) is 5.26 Å². The quantitative estimate of drug-likeness (QED) is 0.812. The monoisotopic (exact) mass is 303 g/mol. The SMILES string of the molecule is COc1ccc([C@@H](C#N)[Se]c2ccccc2)cc1. The summed E-state index contributed by atoms with van der Waals surface area (Å²) in [6, 6.07) is 20.3. The summed E-state index contributed by atoms with van der Waals surface area (Å²) in [5, 5.41) is 9.30. The van der Waals surface area contributed by atoms with Crippen LogP contribution in [0.25, 0.3) is 0 Å². The van der Waals surface area contributed by atoms with Gasteiger partial charge in [-0.2, -0.15) is 0 Å². The number of nitrogens with zero attached hydrogens (tertiary/aromatic N) is 1. The third-order valence-corrected chi connectivity index (χ3v) is 4.96. The molecule has 2 rings (SSSR count). The van der Waals surface area contributed by atoms with Crippen LogP contribution in [-0.2, 0) is 0 Å². The molecule has 0 bridgehead atoms. The van der Waals surface area contributed by atoms with Crippen molar-refractivity contribution in [3.05, 3.63) is 60.2 Å². The van der Waals surface area contributed by atoms with Crippen molar-refractivity contribution < 1.29 is 4.74 Å². The summed E-state index contributed by atoms with van der Waals surface area (Å²) in [5.41, 5.74) is 1.06. The molecule has 0 fully saturated rings. The molecule has 0 aromatic heterocycles. The Morgan fingerprint density at radius 3 is 2.28 bits per heavy atom. The van der Waals surface area contributed by atoms with Gasteiger partial charge in [-0.15, -0.1) is 0 Å². The van der Waals surface area contributed by atoms with Crippen molar-refractivity contribution in [2.75, 3.05) is 7.11 Å². The van der Waals surface area contributed by atoms with Crippen LogP contribution in [-0.4, -0.2) is 22.1 Å². The molecule has 0 saturated carbocycles. The molecule has 90 valence electrons. The first-order valence-electron chi connectivity index (χ1n) is 5.59. The fraction of sp³-hybridized carbons (Fsp3) is 0.133. The molecule has 18 heavy (non-hydrogen) atoms. The molecule has 2 aromatic rings. The average molecular weight is 302 g/mol. The first-order valence-corrected chi connectivity index (χ1v) is 7.43. The molecule has 0 radical (unpaired) electrons. The minimum absolute atomic E-state index is 0.0502. The summed E-state index contributed by atoms with van der Waals surface area (Å²) in [4.78, 5) is -0.0502. The summed E-state index contributed by atoms with van der Waals surface area (Å²) >= 11 is 0.130. The van der Waals surface area contributed by atoms with Crippen LogP contribution >= 0.6 is 0 Å². The Bertz CT molecular complexity index is 531. The zero-order valence-corrected chi connectivity index (χ0v) is 11.8. The molecule has 0 spiro atoms. The van der Waals surface area contributed by atoms with Crippen molar-refractivity contribution in [1.29, 1.82) is 5.26 Å². The maximum atomic E-state index is 9.30. The zero-order chi connectivity index (χ0) is 12.8. The fourth-order valence-corrected chi connectivity index (χ4v) is 3.54. The van der Waals surface area contributed by atoms with E-state index in [1.165, 1.54) is 4.46 Å². The molecule has 2 aromatic carbocycles. The van der Waals surface area contributed by atoms with Gasteiger partial charge in [0.25, 0.3) is 0 Å². The van der Waals surface area contributed by atoms with Crippen LogP contribution in [0.2, 0.25) is 0 Å². The summed E-state index contributed by atoms with van der Waals surface area (Å²) in [5.74, 6) is 0.822. The fourth-order valence-electron chi connectivity index (χ4n) is 1.58. The van der Waals surface area contributed by atoms with Gasteiger partial charge in [-0.3, -0.25) is 0 Å². The van der Waals surface area contributed by atoms with E-state index in [0.717, 1.165) is 11.3 Å². The van der Waals surface area contributed by atoms with E-state index in [-0.39, 0.29) is 19.8 Å². The van der Waals surface area contributed by atoms with Crippen LogP contribution < -0.4 is 9.20 Å². The van der Waals surface area contributed by atoms with Gasteiger partial charge in [0.1, 0.15) is 0 Å². The second-order valence-electron chi connectivity index (χ2n) is 3.71. The molecular formula is C15H13NOSe. The average Bonchev–Trinajstić information content (AvgIpc) is 2.46. The number of methoxy groups -OCH3 is 1. The summed E-state index contributed by atoms with van der Waals surface area (Å²) < 4.78 is 6.37. The van der Waals surface area contributed by atoms with Crippen molar-refractivity contribution >= 4 is 19.4 Å². The zero-order valence-electron chi connectivity index (χ0n) is 10.0. The first-order chi connectivity index (χ1) is 8.83. The first kappa shape index (κ1) is 12.7. The third-order valence-electron chi connectivity index (χ3n) is 2.53. The van der Waals surface area contributed by atoms with Gasteiger partial charge in [0.2, 0.25) is 0 Å². The van der Waals surface area contributed by atoms with Crippen LogP contribution in [0, 0.1) is 11.3 Å². The van der Waals surface area contributed by atoms with Crippen molar-refractivity contribution in [3.8, 4) is 11.8 Å². The Kier molecular flexibility index (Phi) is 4.41. The van der Waals surface area contributed by atoms with Crippen molar-refractivity contribution in [2.45, 2.75) is 4.82 Å². The van der Waals surface area contributed by atoms with Crippen molar-refractivity contribution in [3.63, 3.8) is 0 Å². The molecule has 3 heteroatoms. The van der Waals surface area contributed by atoms with Crippen LogP contribution in [0.5, 0.6) is 5.75 Å². The summed E-state index contributed by atoms with van der Waals surface area (Å²) in [6.07, 6.45) is 0. The Morgan fingerprint density at radius 2 is 1.72 bits per heavy atom. The second kappa shape index (κ2) is 6.25. The van der Waals surface area contributed by atoms with E-state index in [4.69, 9.17) is 4.74 Å². The maximum absolute atomic E-state index is 9.30. The van der Waals surface area contributed by atoms with Crippen molar-refractivity contribution in [1.82, 2.24) is 0 Å². The Labute approximate surface area is 113 Å². The molecule has 0 aliphatic heterocycles. The van der Waals surface area contributed by atoms with Crippen LogP contribution in [0.1, 0.15) is 10.4 Å². The molecule has 2 nitrogen and oxygen atoms in total. The van der Waals surface area contributed by atoms with E-state index in [1.807, 2.05) is 42.5 Å². The van der Waals surface area contributed by atoms with E-state index < -0.39 is 0 Å². The Hall–Kier alpha value is -1.75. The topological polar surface area (TPSA) is 33.0 Å². The van der Waals surface area contributed by atoms with Gasteiger partial charge in [-0.05, 0) is 0 Å². The van der Waals surface area contributed by atoms with Crippen LogP contribution in [0.4, 0.5) is 0 Å². The van der Waals surface area contributed by atoms with Gasteiger partial charge in [0.15, 0.2) is 0 Å². The van der Waals surface area contributed by atoms with Gasteiger partial charge in [-0.1, -0.05) is 0 Å². The number of nitriles is 1. The van der Waals surface area contributed by atoms with Gasteiger partial charge in [-0.25, -0.2) is 0 Å². The van der Waals surface area contributed by atoms with E-state index >= 15 is 0 Å². The van der Waals surface area contributed by atoms with E-state index in [1.54, 1.807) is 7.11 Å². The van der Waals surface area contributed by atoms with Gasteiger partial charge >= 0.3 is 113 Å². The second-order valence-corrected chi connectivity index (χ2v) is 6.19. The van der Waals surface area contributed by atoms with E-state index in [0.29, 0.717) is 0 Å². The molecule has 0 amide bonds. The number of rotatable bonds is 4. The normalized spacial score (nSPS) is 11.6. The minimum atomic E-state index is -0.0502. The van der Waals surface area contributed by atoms with Crippen molar-refractivity contribution in [2.24, 2.45) is 0 Å². The summed E-state index contributed by atoms with van der Waals surface area (Å²) in [6.45, 7) is 0. The predicted octanol–water partition coefficient (Wildman–Crippen LogP) is 2.29. The van der Waals surface area contributed by atoms with Crippen LogP contribution in [0.15, 0.2) is 54.6 Å². The molecule has 0 unspecified atom stereocenters. The Morgan fingerprint density at radius 1 is 1.06 bits per heavy atom. The standard InChI is InChI=1S/C15H13NOSe/c1-17-13-9-7-12(8-10-13)15(11-16)18-14-5-3-2-4-6-14/h2-10,15H,1H3/t15-/m1/s1. The molecule has 0 heterocycles. The number of hydrogen-bond donors (Lipinski definition) is 0. The van der Waals surface area contributed by atoms with Gasteiger partial charge < -0.3 is 0 Å². The molecule has 0 aliphatic rings. The molecule has 0 saturated heterocycles.